The number of hydrogen-bond donors (Lipinski definition) is 2. The Hall–Kier alpha value is -0.670. The fraction of sp³-hybridized carbons (Fsp3) is 0.800. The minimum Gasteiger partial charge on any atom is -0.393 e. The van der Waals surface area contributed by atoms with Crippen LogP contribution in [0.2, 0.25) is 0 Å². The molecule has 18 heavy (non-hydrogen) atoms. The van der Waals surface area contributed by atoms with Crippen LogP contribution < -0.4 is 0 Å². The molecule has 0 aromatic heterocycles. The number of allylic oxidation sites excluding steroid dienone is 1. The molecule has 2 aliphatic rings. The lowest BCUT2D eigenvalue weighted by Gasteiger charge is -2.46. The van der Waals surface area contributed by atoms with Crippen molar-refractivity contribution < 1.29 is 15.0 Å². The highest BCUT2D eigenvalue weighted by molar-refractivity contribution is 5.98. The monoisotopic (exact) mass is 252 g/mol. The smallest absolute Gasteiger partial charge is 0.164 e. The normalized spacial score (nSPS) is 41.8. The van der Waals surface area contributed by atoms with Gasteiger partial charge in [-0.15, -0.1) is 0 Å². The lowest BCUT2D eigenvalue weighted by Crippen LogP contribution is -2.53. The standard InChI is InChI=1S/C15H24O3/c1-8(2)11-6-5-9(3)15(18)12(11)7-13(17)14(15)10(4)16/h7-11,14,16,18H,5-6H2,1-4H3/t9-,10?,11+,14+,15-/m1/s1. The Labute approximate surface area is 109 Å². The zero-order valence-corrected chi connectivity index (χ0v) is 11.7. The number of carbonyl (C=O) groups excluding carboxylic acids is 1. The van der Waals surface area contributed by atoms with Crippen LogP contribution in [0, 0.1) is 23.7 Å². The number of aliphatic hydroxyl groups excluding tert-OH is 1. The van der Waals surface area contributed by atoms with Gasteiger partial charge in [-0.1, -0.05) is 20.8 Å². The minimum absolute atomic E-state index is 0.0322. The summed E-state index contributed by atoms with van der Waals surface area (Å²) < 4.78 is 0. The van der Waals surface area contributed by atoms with E-state index in [1.807, 2.05) is 6.92 Å². The molecule has 2 rings (SSSR count). The Bertz CT molecular complexity index is 383. The van der Waals surface area contributed by atoms with Gasteiger partial charge in [0.1, 0.15) is 5.60 Å². The second kappa shape index (κ2) is 4.46. The molecule has 3 nitrogen and oxygen atoms in total. The first-order valence-electron chi connectivity index (χ1n) is 6.96. The Morgan fingerprint density at radius 3 is 2.44 bits per heavy atom. The van der Waals surface area contributed by atoms with Gasteiger partial charge < -0.3 is 10.2 Å². The van der Waals surface area contributed by atoms with Gasteiger partial charge in [-0.2, -0.15) is 0 Å². The molecule has 2 N–H and O–H groups in total. The van der Waals surface area contributed by atoms with Gasteiger partial charge in [-0.3, -0.25) is 4.79 Å². The van der Waals surface area contributed by atoms with Crippen LogP contribution in [-0.4, -0.2) is 27.7 Å². The van der Waals surface area contributed by atoms with E-state index in [0.717, 1.165) is 18.4 Å². The van der Waals surface area contributed by atoms with E-state index in [1.54, 1.807) is 13.0 Å². The highest BCUT2D eigenvalue weighted by Crippen LogP contribution is 2.52. The highest BCUT2D eigenvalue weighted by atomic mass is 16.3. The van der Waals surface area contributed by atoms with E-state index in [0.29, 0.717) is 5.92 Å². The molecule has 102 valence electrons. The Kier molecular flexibility index (Phi) is 3.41. The van der Waals surface area contributed by atoms with Gasteiger partial charge >= 0.3 is 0 Å². The molecule has 2 aliphatic carbocycles. The van der Waals surface area contributed by atoms with E-state index in [2.05, 4.69) is 13.8 Å². The Morgan fingerprint density at radius 1 is 1.33 bits per heavy atom. The molecule has 0 aromatic carbocycles. The molecule has 0 spiro atoms. The first-order chi connectivity index (χ1) is 8.30. The van der Waals surface area contributed by atoms with Crippen molar-refractivity contribution in [3.63, 3.8) is 0 Å². The minimum atomic E-state index is -1.13. The van der Waals surface area contributed by atoms with E-state index in [9.17, 15) is 15.0 Å². The van der Waals surface area contributed by atoms with Crippen LogP contribution in [-0.2, 0) is 4.79 Å². The van der Waals surface area contributed by atoms with Gasteiger partial charge in [0.05, 0.1) is 12.0 Å². The van der Waals surface area contributed by atoms with Gasteiger partial charge in [0.25, 0.3) is 0 Å². The predicted octanol–water partition coefficient (Wildman–Crippen LogP) is 1.93. The number of fused-ring (bicyclic) bond motifs is 1. The van der Waals surface area contributed by atoms with Gasteiger partial charge in [-0.25, -0.2) is 0 Å². The van der Waals surface area contributed by atoms with Crippen molar-refractivity contribution >= 4 is 5.78 Å². The average molecular weight is 252 g/mol. The van der Waals surface area contributed by atoms with Crippen molar-refractivity contribution in [2.24, 2.45) is 23.7 Å². The van der Waals surface area contributed by atoms with Gasteiger partial charge in [-0.05, 0) is 49.2 Å². The maximum Gasteiger partial charge on any atom is 0.164 e. The van der Waals surface area contributed by atoms with Gasteiger partial charge in [0, 0.05) is 0 Å². The molecule has 0 aliphatic heterocycles. The van der Waals surface area contributed by atoms with Crippen molar-refractivity contribution in [3.05, 3.63) is 11.6 Å². The fourth-order valence-electron chi connectivity index (χ4n) is 3.85. The van der Waals surface area contributed by atoms with Crippen LogP contribution in [0.25, 0.3) is 0 Å². The third-order valence-electron chi connectivity index (χ3n) is 4.89. The van der Waals surface area contributed by atoms with Gasteiger partial charge in [0.2, 0.25) is 0 Å². The molecule has 1 fully saturated rings. The van der Waals surface area contributed by atoms with Crippen molar-refractivity contribution in [2.45, 2.75) is 52.2 Å². The summed E-state index contributed by atoms with van der Waals surface area (Å²) in [7, 11) is 0. The second-order valence-corrected chi connectivity index (χ2v) is 6.37. The topological polar surface area (TPSA) is 57.5 Å². The molecule has 1 saturated carbocycles. The lowest BCUT2D eigenvalue weighted by molar-refractivity contribution is -0.135. The number of carbonyl (C=O) groups is 1. The van der Waals surface area contributed by atoms with E-state index in [4.69, 9.17) is 0 Å². The summed E-state index contributed by atoms with van der Waals surface area (Å²) in [6, 6.07) is 0. The lowest BCUT2D eigenvalue weighted by atomic mass is 9.62. The van der Waals surface area contributed by atoms with Crippen LogP contribution in [0.15, 0.2) is 11.6 Å². The van der Waals surface area contributed by atoms with Crippen molar-refractivity contribution in [1.82, 2.24) is 0 Å². The molecule has 0 aromatic rings. The zero-order valence-electron chi connectivity index (χ0n) is 11.7. The maximum atomic E-state index is 12.1. The summed E-state index contributed by atoms with van der Waals surface area (Å²) in [5, 5.41) is 20.9. The summed E-state index contributed by atoms with van der Waals surface area (Å²) >= 11 is 0. The molecule has 0 bridgehead atoms. The summed E-state index contributed by atoms with van der Waals surface area (Å²) in [5.74, 6) is -0.0783. The second-order valence-electron chi connectivity index (χ2n) is 6.37. The third-order valence-corrected chi connectivity index (χ3v) is 4.89. The molecule has 5 atom stereocenters. The maximum absolute atomic E-state index is 12.1. The first kappa shape index (κ1) is 13.8. The molecular weight excluding hydrogens is 228 g/mol. The number of rotatable bonds is 2. The zero-order chi connectivity index (χ0) is 13.7. The Balaban J connectivity index is 2.46. The molecule has 0 heterocycles. The highest BCUT2D eigenvalue weighted by Gasteiger charge is 2.57. The van der Waals surface area contributed by atoms with Crippen LogP contribution >= 0.6 is 0 Å². The van der Waals surface area contributed by atoms with Crippen LogP contribution in [0.5, 0.6) is 0 Å². The SMILES string of the molecule is CC(C)[C@@H]1CC[C@@H](C)[C@@]2(O)C1=CC(=O)[C@@H]2C(C)O. The largest absolute Gasteiger partial charge is 0.393 e. The summed E-state index contributed by atoms with van der Waals surface area (Å²) in [4.78, 5) is 12.1. The number of hydrogen-bond acceptors (Lipinski definition) is 3. The molecule has 0 radical (unpaired) electrons. The average Bonchev–Trinajstić information content (AvgIpc) is 2.51. The molecule has 1 unspecified atom stereocenters. The van der Waals surface area contributed by atoms with E-state index in [1.165, 1.54) is 0 Å². The summed E-state index contributed by atoms with van der Waals surface area (Å²) in [5.41, 5.74) is -0.259. The first-order valence-corrected chi connectivity index (χ1v) is 6.96. The molecule has 0 amide bonds. The quantitative estimate of drug-likeness (QED) is 0.789. The van der Waals surface area contributed by atoms with Crippen LogP contribution in [0.3, 0.4) is 0 Å². The van der Waals surface area contributed by atoms with Crippen LogP contribution in [0.1, 0.15) is 40.5 Å². The third kappa shape index (κ3) is 1.76. The summed E-state index contributed by atoms with van der Waals surface area (Å²) in [6.45, 7) is 7.84. The van der Waals surface area contributed by atoms with Crippen LogP contribution in [0.4, 0.5) is 0 Å². The molecular formula is C15H24O3. The van der Waals surface area contributed by atoms with Crippen molar-refractivity contribution in [1.29, 1.82) is 0 Å². The fourth-order valence-corrected chi connectivity index (χ4v) is 3.85. The molecule has 3 heteroatoms. The predicted molar refractivity (Wildman–Crippen MR) is 69.9 cm³/mol. The molecule has 0 saturated heterocycles. The van der Waals surface area contributed by atoms with E-state index in [-0.39, 0.29) is 17.6 Å². The van der Waals surface area contributed by atoms with Crippen molar-refractivity contribution in [2.75, 3.05) is 0 Å². The van der Waals surface area contributed by atoms with Gasteiger partial charge in [0.15, 0.2) is 5.78 Å². The number of aliphatic hydroxyl groups is 2. The van der Waals surface area contributed by atoms with E-state index < -0.39 is 17.6 Å². The number of ketones is 1. The Morgan fingerprint density at radius 2 is 1.94 bits per heavy atom. The van der Waals surface area contributed by atoms with E-state index >= 15 is 0 Å². The van der Waals surface area contributed by atoms with Crippen molar-refractivity contribution in [3.8, 4) is 0 Å². The summed E-state index contributed by atoms with van der Waals surface area (Å²) in [6.07, 6.45) is 2.74.